The second kappa shape index (κ2) is 5.37. The minimum absolute atomic E-state index is 0.176. The highest BCUT2D eigenvalue weighted by atomic mass is 32.2. The van der Waals surface area contributed by atoms with Gasteiger partial charge in [-0.05, 0) is 32.2 Å². The first-order valence-electron chi connectivity index (χ1n) is 7.56. The number of hydrogen-bond donors (Lipinski definition) is 0. The molecule has 1 aromatic rings. The van der Waals surface area contributed by atoms with Gasteiger partial charge in [0.15, 0.2) is 0 Å². The van der Waals surface area contributed by atoms with Crippen molar-refractivity contribution in [3.63, 3.8) is 0 Å². The number of hydrogen-bond acceptors (Lipinski definition) is 4. The number of imidazole rings is 1. The molecule has 0 unspecified atom stereocenters. The molecule has 0 aliphatic carbocycles. The summed E-state index contributed by atoms with van der Waals surface area (Å²) in [5, 5.41) is 0. The summed E-state index contributed by atoms with van der Waals surface area (Å²) in [5.41, 5.74) is 1.00. The summed E-state index contributed by atoms with van der Waals surface area (Å²) in [6.07, 6.45) is 9.07. The molecule has 0 aromatic carbocycles. The monoisotopic (exact) mass is 312 g/mol. The highest BCUT2D eigenvalue weighted by molar-refractivity contribution is 7.88. The average Bonchev–Trinajstić information content (AvgIpc) is 2.97. The second-order valence-corrected chi connectivity index (χ2v) is 8.38. The standard InChI is InChI=1S/C14H24N4O2S/c1-16-12-15-9-13(16)10-17-7-3-5-14(11-17)6-4-8-18(14)21(2,19)20/h9,12H,3-8,10-11H2,1-2H3/t14-/m0/s1. The molecule has 21 heavy (non-hydrogen) atoms. The summed E-state index contributed by atoms with van der Waals surface area (Å²) in [5.74, 6) is 0. The lowest BCUT2D eigenvalue weighted by Crippen LogP contribution is -2.56. The molecule has 0 amide bonds. The topological polar surface area (TPSA) is 58.4 Å². The Kier molecular flexibility index (Phi) is 3.83. The number of likely N-dealkylation sites (tertiary alicyclic amines) is 1. The molecule has 0 bridgehead atoms. The van der Waals surface area contributed by atoms with E-state index in [9.17, 15) is 8.42 Å². The minimum Gasteiger partial charge on any atom is -0.337 e. The molecule has 1 atom stereocenters. The minimum atomic E-state index is -3.12. The van der Waals surface area contributed by atoms with Gasteiger partial charge in [-0.25, -0.2) is 13.4 Å². The smallest absolute Gasteiger partial charge is 0.211 e. The van der Waals surface area contributed by atoms with Gasteiger partial charge in [-0.3, -0.25) is 4.90 Å². The zero-order valence-electron chi connectivity index (χ0n) is 12.8. The van der Waals surface area contributed by atoms with Crippen LogP contribution >= 0.6 is 0 Å². The molecule has 7 heteroatoms. The molecule has 2 aliphatic rings. The first kappa shape index (κ1) is 15.0. The molecule has 6 nitrogen and oxygen atoms in total. The largest absolute Gasteiger partial charge is 0.337 e. The Morgan fingerprint density at radius 1 is 1.29 bits per heavy atom. The molecular formula is C14H24N4O2S. The zero-order valence-corrected chi connectivity index (χ0v) is 13.6. The van der Waals surface area contributed by atoms with Crippen LogP contribution in [0.3, 0.4) is 0 Å². The van der Waals surface area contributed by atoms with Gasteiger partial charge in [0.25, 0.3) is 0 Å². The summed E-state index contributed by atoms with van der Waals surface area (Å²) in [6.45, 7) is 3.39. The number of aryl methyl sites for hydroxylation is 1. The maximum atomic E-state index is 12.1. The van der Waals surface area contributed by atoms with E-state index in [-0.39, 0.29) is 5.54 Å². The molecule has 1 spiro atoms. The third-order valence-corrected chi connectivity index (χ3v) is 6.24. The summed E-state index contributed by atoms with van der Waals surface area (Å²) in [4.78, 5) is 6.54. The van der Waals surface area contributed by atoms with Crippen LogP contribution in [0.1, 0.15) is 31.4 Å². The third-order valence-electron chi connectivity index (χ3n) is 4.87. The predicted octanol–water partition coefficient (Wildman–Crippen LogP) is 0.810. The van der Waals surface area contributed by atoms with E-state index in [1.165, 1.54) is 11.9 Å². The zero-order chi connectivity index (χ0) is 15.1. The van der Waals surface area contributed by atoms with E-state index in [1.54, 1.807) is 4.31 Å². The first-order chi connectivity index (χ1) is 9.91. The number of nitrogens with zero attached hydrogens (tertiary/aromatic N) is 4. The lowest BCUT2D eigenvalue weighted by Gasteiger charge is -2.44. The molecule has 3 heterocycles. The Hall–Kier alpha value is -0.920. The van der Waals surface area contributed by atoms with Gasteiger partial charge in [0.2, 0.25) is 10.0 Å². The number of piperidine rings is 1. The van der Waals surface area contributed by atoms with Crippen LogP contribution in [0.4, 0.5) is 0 Å². The first-order valence-corrected chi connectivity index (χ1v) is 9.41. The highest BCUT2D eigenvalue weighted by Gasteiger charge is 2.47. The highest BCUT2D eigenvalue weighted by Crippen LogP contribution is 2.39. The van der Waals surface area contributed by atoms with Gasteiger partial charge in [0.05, 0.1) is 18.3 Å². The quantitative estimate of drug-likeness (QED) is 0.829. The van der Waals surface area contributed by atoms with E-state index in [1.807, 2.05) is 24.1 Å². The predicted molar refractivity (Wildman–Crippen MR) is 81.2 cm³/mol. The number of aromatic nitrogens is 2. The Balaban J connectivity index is 1.77. The number of rotatable bonds is 3. The van der Waals surface area contributed by atoms with Gasteiger partial charge >= 0.3 is 0 Å². The molecule has 3 rings (SSSR count). The van der Waals surface area contributed by atoms with Crippen LogP contribution in [0.15, 0.2) is 12.5 Å². The maximum Gasteiger partial charge on any atom is 0.211 e. The summed E-state index contributed by atoms with van der Waals surface area (Å²) >= 11 is 0. The van der Waals surface area contributed by atoms with Crippen LogP contribution in [0.2, 0.25) is 0 Å². The molecule has 2 saturated heterocycles. The van der Waals surface area contributed by atoms with E-state index in [0.717, 1.165) is 45.3 Å². The molecule has 0 saturated carbocycles. The van der Waals surface area contributed by atoms with Gasteiger partial charge in [-0.2, -0.15) is 4.31 Å². The van der Waals surface area contributed by atoms with E-state index in [0.29, 0.717) is 6.54 Å². The van der Waals surface area contributed by atoms with Crippen molar-refractivity contribution in [2.75, 3.05) is 25.9 Å². The van der Waals surface area contributed by atoms with Gasteiger partial charge < -0.3 is 4.57 Å². The van der Waals surface area contributed by atoms with Crippen molar-refractivity contribution in [3.8, 4) is 0 Å². The fourth-order valence-corrected chi connectivity index (χ4v) is 5.35. The van der Waals surface area contributed by atoms with Crippen LogP contribution in [0.25, 0.3) is 0 Å². The van der Waals surface area contributed by atoms with Crippen LogP contribution < -0.4 is 0 Å². The van der Waals surface area contributed by atoms with Gasteiger partial charge in [-0.15, -0.1) is 0 Å². The van der Waals surface area contributed by atoms with Crippen LogP contribution in [-0.2, 0) is 23.6 Å². The fourth-order valence-electron chi connectivity index (χ4n) is 3.95. The van der Waals surface area contributed by atoms with Gasteiger partial charge in [0.1, 0.15) is 0 Å². The Labute approximate surface area is 126 Å². The van der Waals surface area contributed by atoms with E-state index < -0.39 is 10.0 Å². The summed E-state index contributed by atoms with van der Waals surface area (Å²) < 4.78 is 27.9. The van der Waals surface area contributed by atoms with Crippen molar-refractivity contribution in [2.45, 2.75) is 37.8 Å². The van der Waals surface area contributed by atoms with E-state index in [2.05, 4.69) is 9.88 Å². The van der Waals surface area contributed by atoms with Crippen molar-refractivity contribution in [2.24, 2.45) is 7.05 Å². The maximum absolute atomic E-state index is 12.1. The van der Waals surface area contributed by atoms with Crippen molar-refractivity contribution in [1.82, 2.24) is 18.8 Å². The lowest BCUT2D eigenvalue weighted by molar-refractivity contribution is 0.0827. The van der Waals surface area contributed by atoms with Crippen LogP contribution in [0.5, 0.6) is 0 Å². The Bertz CT molecular complexity index is 612. The van der Waals surface area contributed by atoms with Gasteiger partial charge in [0, 0.05) is 38.4 Å². The lowest BCUT2D eigenvalue weighted by atomic mass is 9.87. The molecule has 0 radical (unpaired) electrons. The van der Waals surface area contributed by atoms with Gasteiger partial charge in [-0.1, -0.05) is 0 Å². The molecule has 2 aliphatic heterocycles. The molecule has 118 valence electrons. The normalized spacial score (nSPS) is 28.5. The fraction of sp³-hybridized carbons (Fsp3) is 0.786. The molecular weight excluding hydrogens is 288 g/mol. The van der Waals surface area contributed by atoms with Crippen molar-refractivity contribution in [3.05, 3.63) is 18.2 Å². The average molecular weight is 312 g/mol. The van der Waals surface area contributed by atoms with Crippen molar-refractivity contribution in [1.29, 1.82) is 0 Å². The second-order valence-electron chi connectivity index (χ2n) is 6.47. The molecule has 1 aromatic heterocycles. The Morgan fingerprint density at radius 2 is 2.00 bits per heavy atom. The summed E-state index contributed by atoms with van der Waals surface area (Å²) in [6, 6.07) is 0. The number of sulfonamides is 1. The SMILES string of the molecule is Cn1cncc1CN1CCC[C@]2(CCCN2S(C)(=O)=O)C1. The van der Waals surface area contributed by atoms with Crippen molar-refractivity contribution >= 4 is 10.0 Å². The van der Waals surface area contributed by atoms with Crippen molar-refractivity contribution < 1.29 is 8.42 Å². The molecule has 2 fully saturated rings. The Morgan fingerprint density at radius 3 is 2.62 bits per heavy atom. The third kappa shape index (κ3) is 2.86. The van der Waals surface area contributed by atoms with Crippen LogP contribution in [-0.4, -0.2) is 58.6 Å². The van der Waals surface area contributed by atoms with E-state index >= 15 is 0 Å². The molecule has 0 N–H and O–H groups in total. The summed E-state index contributed by atoms with van der Waals surface area (Å²) in [7, 11) is -1.11. The van der Waals surface area contributed by atoms with E-state index in [4.69, 9.17) is 0 Å². The van der Waals surface area contributed by atoms with Crippen LogP contribution in [0, 0.1) is 0 Å².